The van der Waals surface area contributed by atoms with E-state index in [9.17, 15) is 10.2 Å². The van der Waals surface area contributed by atoms with Crippen molar-refractivity contribution in [3.63, 3.8) is 0 Å². The van der Waals surface area contributed by atoms with E-state index in [1.807, 2.05) is 0 Å². The van der Waals surface area contributed by atoms with E-state index >= 15 is 0 Å². The molecule has 0 atom stereocenters. The normalized spacial score (nSPS) is 11.2. The summed E-state index contributed by atoms with van der Waals surface area (Å²) in [5, 5.41) is 20.6. The van der Waals surface area contributed by atoms with Gasteiger partial charge in [0.15, 0.2) is 0 Å². The van der Waals surface area contributed by atoms with Gasteiger partial charge in [-0.2, -0.15) is 0 Å². The fourth-order valence-electron chi connectivity index (χ4n) is 3.74. The minimum Gasteiger partial charge on any atom is -0.508 e. The maximum Gasteiger partial charge on any atom is 0.119 e. The third kappa shape index (κ3) is 9.50. The van der Waals surface area contributed by atoms with Crippen molar-refractivity contribution in [2.24, 2.45) is 0 Å². The summed E-state index contributed by atoms with van der Waals surface area (Å²) in [5.41, 5.74) is 1.98. The molecule has 26 heavy (non-hydrogen) atoms. The fourth-order valence-corrected chi connectivity index (χ4v) is 3.74. The Morgan fingerprint density at radius 2 is 0.808 bits per heavy atom. The van der Waals surface area contributed by atoms with Crippen LogP contribution in [-0.2, 0) is 12.8 Å². The summed E-state index contributed by atoms with van der Waals surface area (Å²) in [7, 11) is 0. The molecule has 0 radical (unpaired) electrons. The molecule has 0 fully saturated rings. The van der Waals surface area contributed by atoms with E-state index in [2.05, 4.69) is 13.8 Å². The van der Waals surface area contributed by atoms with E-state index < -0.39 is 0 Å². The van der Waals surface area contributed by atoms with Crippen molar-refractivity contribution in [2.45, 2.75) is 117 Å². The molecule has 1 aromatic carbocycles. The predicted octanol–water partition coefficient (Wildman–Crippen LogP) is 7.68. The molecule has 2 N–H and O–H groups in total. The number of benzene rings is 1. The zero-order valence-corrected chi connectivity index (χ0v) is 17.4. The summed E-state index contributed by atoms with van der Waals surface area (Å²) in [6.07, 6.45) is 19.6. The van der Waals surface area contributed by atoms with E-state index in [1.54, 1.807) is 12.1 Å². The number of hydrogen-bond acceptors (Lipinski definition) is 2. The molecule has 150 valence electrons. The fraction of sp³-hybridized carbons (Fsp3) is 0.750. The summed E-state index contributed by atoms with van der Waals surface area (Å²) in [5.74, 6) is 0.735. The second-order valence-corrected chi connectivity index (χ2v) is 7.80. The van der Waals surface area contributed by atoms with E-state index in [0.717, 1.165) is 36.8 Å². The summed E-state index contributed by atoms with van der Waals surface area (Å²) >= 11 is 0. The predicted molar refractivity (Wildman–Crippen MR) is 113 cm³/mol. The van der Waals surface area contributed by atoms with E-state index in [1.165, 1.54) is 77.0 Å². The van der Waals surface area contributed by atoms with Gasteiger partial charge in [0, 0.05) is 11.1 Å². The molecule has 0 aromatic heterocycles. The second-order valence-electron chi connectivity index (χ2n) is 7.80. The van der Waals surface area contributed by atoms with Gasteiger partial charge < -0.3 is 10.2 Å². The van der Waals surface area contributed by atoms with Crippen LogP contribution in [0.2, 0.25) is 0 Å². The van der Waals surface area contributed by atoms with Crippen molar-refractivity contribution in [3.8, 4) is 11.5 Å². The Balaban J connectivity index is 2.38. The maximum atomic E-state index is 10.3. The molecule has 1 rings (SSSR count). The molecule has 2 heteroatoms. The number of rotatable bonds is 16. The molecular formula is C24H42O2. The van der Waals surface area contributed by atoms with Crippen LogP contribution in [0.5, 0.6) is 11.5 Å². The summed E-state index contributed by atoms with van der Waals surface area (Å²) in [6, 6.07) is 3.31. The Hall–Kier alpha value is -1.18. The number of phenolic OH excluding ortho intramolecular Hbond substituents is 2. The van der Waals surface area contributed by atoms with Crippen molar-refractivity contribution in [3.05, 3.63) is 23.3 Å². The highest BCUT2D eigenvalue weighted by Crippen LogP contribution is 2.32. The van der Waals surface area contributed by atoms with Crippen LogP contribution in [0.4, 0.5) is 0 Å². The average molecular weight is 363 g/mol. The third-order valence-corrected chi connectivity index (χ3v) is 5.44. The van der Waals surface area contributed by atoms with Gasteiger partial charge in [0.05, 0.1) is 0 Å². The standard InChI is InChI=1S/C24H42O2/c1-3-5-7-9-11-13-15-17-21-22(24(26)20-19-23(21)25)18-16-14-12-10-8-6-4-2/h19-20,25-26H,3-18H2,1-2H3. The summed E-state index contributed by atoms with van der Waals surface area (Å²) in [6.45, 7) is 4.49. The Morgan fingerprint density at radius 3 is 1.15 bits per heavy atom. The van der Waals surface area contributed by atoms with Gasteiger partial charge in [-0.1, -0.05) is 90.9 Å². The smallest absolute Gasteiger partial charge is 0.119 e. The second kappa shape index (κ2) is 14.9. The topological polar surface area (TPSA) is 40.5 Å². The first-order valence-electron chi connectivity index (χ1n) is 11.2. The lowest BCUT2D eigenvalue weighted by Gasteiger charge is -2.14. The zero-order chi connectivity index (χ0) is 19.0. The van der Waals surface area contributed by atoms with Crippen LogP contribution >= 0.6 is 0 Å². The molecule has 0 amide bonds. The van der Waals surface area contributed by atoms with Crippen LogP contribution in [0.3, 0.4) is 0 Å². The van der Waals surface area contributed by atoms with E-state index in [0.29, 0.717) is 11.5 Å². The van der Waals surface area contributed by atoms with Crippen LogP contribution in [0.1, 0.15) is 115 Å². The number of aromatic hydroxyl groups is 2. The molecular weight excluding hydrogens is 320 g/mol. The Bertz CT molecular complexity index is 425. The van der Waals surface area contributed by atoms with Crippen LogP contribution in [0.25, 0.3) is 0 Å². The molecule has 0 aliphatic heterocycles. The monoisotopic (exact) mass is 362 g/mol. The van der Waals surface area contributed by atoms with Crippen molar-refractivity contribution in [1.29, 1.82) is 0 Å². The van der Waals surface area contributed by atoms with Crippen molar-refractivity contribution in [2.75, 3.05) is 0 Å². The zero-order valence-electron chi connectivity index (χ0n) is 17.4. The highest BCUT2D eigenvalue weighted by molar-refractivity contribution is 5.47. The van der Waals surface area contributed by atoms with Gasteiger partial charge >= 0.3 is 0 Å². The average Bonchev–Trinajstić information content (AvgIpc) is 2.64. The summed E-state index contributed by atoms with van der Waals surface area (Å²) < 4.78 is 0. The van der Waals surface area contributed by atoms with Gasteiger partial charge in [-0.05, 0) is 37.8 Å². The van der Waals surface area contributed by atoms with Crippen LogP contribution < -0.4 is 0 Å². The molecule has 0 unspecified atom stereocenters. The molecule has 0 saturated heterocycles. The van der Waals surface area contributed by atoms with Gasteiger partial charge in [0.25, 0.3) is 0 Å². The highest BCUT2D eigenvalue weighted by Gasteiger charge is 2.12. The van der Waals surface area contributed by atoms with Gasteiger partial charge in [-0.15, -0.1) is 0 Å². The van der Waals surface area contributed by atoms with Crippen LogP contribution in [-0.4, -0.2) is 10.2 Å². The highest BCUT2D eigenvalue weighted by atomic mass is 16.3. The first-order chi connectivity index (χ1) is 12.7. The minimum atomic E-state index is 0.367. The first kappa shape index (κ1) is 22.9. The molecule has 1 aromatic rings. The van der Waals surface area contributed by atoms with E-state index in [-0.39, 0.29) is 0 Å². The molecule has 0 aliphatic carbocycles. The lowest BCUT2D eigenvalue weighted by atomic mass is 9.94. The Kier molecular flexibility index (Phi) is 13.1. The quantitative estimate of drug-likeness (QED) is 0.234. The first-order valence-corrected chi connectivity index (χ1v) is 11.2. The lowest BCUT2D eigenvalue weighted by Crippen LogP contribution is -1.97. The SMILES string of the molecule is CCCCCCCCCc1c(O)ccc(O)c1CCCCCCCCC. The van der Waals surface area contributed by atoms with Crippen LogP contribution in [0, 0.1) is 0 Å². The van der Waals surface area contributed by atoms with Gasteiger partial charge in [-0.25, -0.2) is 0 Å². The van der Waals surface area contributed by atoms with Crippen molar-refractivity contribution in [1.82, 2.24) is 0 Å². The number of hydrogen-bond donors (Lipinski definition) is 2. The number of unbranched alkanes of at least 4 members (excludes halogenated alkanes) is 12. The minimum absolute atomic E-state index is 0.367. The molecule has 0 saturated carbocycles. The largest absolute Gasteiger partial charge is 0.508 e. The Labute approximate surface area is 162 Å². The van der Waals surface area contributed by atoms with Crippen molar-refractivity contribution >= 4 is 0 Å². The number of phenols is 2. The third-order valence-electron chi connectivity index (χ3n) is 5.44. The summed E-state index contributed by atoms with van der Waals surface area (Å²) in [4.78, 5) is 0. The maximum absolute atomic E-state index is 10.3. The van der Waals surface area contributed by atoms with Gasteiger partial charge in [0.1, 0.15) is 11.5 Å². The van der Waals surface area contributed by atoms with Crippen LogP contribution in [0.15, 0.2) is 12.1 Å². The van der Waals surface area contributed by atoms with Crippen molar-refractivity contribution < 1.29 is 10.2 Å². The molecule has 0 aliphatic rings. The Morgan fingerprint density at radius 1 is 0.500 bits per heavy atom. The van der Waals surface area contributed by atoms with E-state index in [4.69, 9.17) is 0 Å². The molecule has 2 nitrogen and oxygen atoms in total. The van der Waals surface area contributed by atoms with Gasteiger partial charge in [0.2, 0.25) is 0 Å². The lowest BCUT2D eigenvalue weighted by molar-refractivity contribution is 0.444. The van der Waals surface area contributed by atoms with Gasteiger partial charge in [-0.3, -0.25) is 0 Å². The molecule has 0 heterocycles. The molecule has 0 spiro atoms. The molecule has 0 bridgehead atoms.